The van der Waals surface area contributed by atoms with Crippen molar-refractivity contribution >= 4 is 17.5 Å². The number of aryl methyl sites for hydroxylation is 1. The highest BCUT2D eigenvalue weighted by Crippen LogP contribution is 2.36. The standard InChI is InChI=1S/C26H27N5O3/c1-4-17(22-15(2)29-31(16(22)3)18-10-6-5-7-11-18)14-21(32)24-23(25(27)30-34-24)19-12-8-9-13-20(19)26(28)33/h5-13,17H,4,14H2,1-3H3,(H2,27,30)(H2,28,33). The first kappa shape index (κ1) is 23.0. The van der Waals surface area contributed by atoms with E-state index in [0.29, 0.717) is 11.1 Å². The Balaban J connectivity index is 1.70. The number of ketones is 1. The first-order valence-electron chi connectivity index (χ1n) is 11.1. The van der Waals surface area contributed by atoms with Crippen LogP contribution in [0.4, 0.5) is 5.82 Å². The van der Waals surface area contributed by atoms with Gasteiger partial charge in [0.25, 0.3) is 0 Å². The largest absolute Gasteiger partial charge is 0.380 e. The van der Waals surface area contributed by atoms with Crippen molar-refractivity contribution in [2.24, 2.45) is 5.73 Å². The molecule has 0 aliphatic rings. The molecule has 8 nitrogen and oxygen atoms in total. The summed E-state index contributed by atoms with van der Waals surface area (Å²) >= 11 is 0. The molecule has 0 saturated carbocycles. The molecule has 2 aromatic carbocycles. The number of nitrogens with two attached hydrogens (primary N) is 2. The van der Waals surface area contributed by atoms with Gasteiger partial charge < -0.3 is 16.0 Å². The van der Waals surface area contributed by atoms with Crippen LogP contribution >= 0.6 is 0 Å². The van der Waals surface area contributed by atoms with Gasteiger partial charge in [0, 0.05) is 23.2 Å². The van der Waals surface area contributed by atoms with Crippen molar-refractivity contribution in [3.05, 3.63) is 82.9 Å². The first-order valence-corrected chi connectivity index (χ1v) is 11.1. The minimum atomic E-state index is -0.624. The van der Waals surface area contributed by atoms with Crippen LogP contribution in [0.25, 0.3) is 16.8 Å². The van der Waals surface area contributed by atoms with E-state index >= 15 is 0 Å². The van der Waals surface area contributed by atoms with Gasteiger partial charge >= 0.3 is 0 Å². The number of aromatic nitrogens is 3. The van der Waals surface area contributed by atoms with Gasteiger partial charge in [-0.25, -0.2) is 4.68 Å². The van der Waals surface area contributed by atoms with E-state index in [9.17, 15) is 9.59 Å². The SMILES string of the molecule is CCC(CC(=O)c1onc(N)c1-c1ccccc1C(N)=O)c1c(C)nn(-c2ccccc2)c1C. The lowest BCUT2D eigenvalue weighted by Crippen LogP contribution is -2.13. The van der Waals surface area contributed by atoms with Crippen LogP contribution in [0.1, 0.15) is 63.5 Å². The van der Waals surface area contributed by atoms with Gasteiger partial charge in [-0.2, -0.15) is 5.10 Å². The number of nitrogen functional groups attached to an aromatic ring is 1. The van der Waals surface area contributed by atoms with Crippen LogP contribution in [-0.2, 0) is 0 Å². The Hall–Kier alpha value is -4.20. The smallest absolute Gasteiger partial charge is 0.249 e. The third kappa shape index (κ3) is 4.10. The molecule has 1 unspecified atom stereocenters. The molecule has 0 spiro atoms. The number of amides is 1. The van der Waals surface area contributed by atoms with Gasteiger partial charge in [-0.15, -0.1) is 0 Å². The van der Waals surface area contributed by atoms with Crippen LogP contribution in [0.5, 0.6) is 0 Å². The summed E-state index contributed by atoms with van der Waals surface area (Å²) in [5, 5.41) is 8.54. The summed E-state index contributed by atoms with van der Waals surface area (Å²) in [5.74, 6) is -0.905. The van der Waals surface area contributed by atoms with Gasteiger partial charge in [0.15, 0.2) is 5.82 Å². The number of Topliss-reactive ketones (excluding diaryl/α,β-unsaturated/α-hetero) is 1. The van der Waals surface area contributed by atoms with E-state index < -0.39 is 5.91 Å². The minimum absolute atomic E-state index is 0.0235. The highest BCUT2D eigenvalue weighted by Gasteiger charge is 2.29. The van der Waals surface area contributed by atoms with E-state index in [2.05, 4.69) is 5.16 Å². The summed E-state index contributed by atoms with van der Waals surface area (Å²) in [6.07, 6.45) is 0.907. The van der Waals surface area contributed by atoms with Gasteiger partial charge in [0.2, 0.25) is 17.5 Å². The summed E-state index contributed by atoms with van der Waals surface area (Å²) in [6.45, 7) is 6.00. The number of hydrogen-bond donors (Lipinski definition) is 2. The molecule has 0 fully saturated rings. The zero-order valence-corrected chi connectivity index (χ0v) is 19.4. The zero-order valence-electron chi connectivity index (χ0n) is 19.4. The monoisotopic (exact) mass is 457 g/mol. The molecule has 0 aliphatic heterocycles. The van der Waals surface area contributed by atoms with Crippen molar-refractivity contribution < 1.29 is 14.1 Å². The maximum Gasteiger partial charge on any atom is 0.249 e. The molecular weight excluding hydrogens is 430 g/mol. The van der Waals surface area contributed by atoms with E-state index in [1.165, 1.54) is 0 Å². The van der Waals surface area contributed by atoms with Gasteiger partial charge in [-0.3, -0.25) is 9.59 Å². The van der Waals surface area contributed by atoms with E-state index in [1.54, 1.807) is 24.3 Å². The molecule has 1 atom stereocenters. The van der Waals surface area contributed by atoms with E-state index in [0.717, 1.165) is 29.1 Å². The van der Waals surface area contributed by atoms with Crippen molar-refractivity contribution in [2.75, 3.05) is 5.73 Å². The Morgan fingerprint density at radius 2 is 1.74 bits per heavy atom. The molecule has 0 saturated heterocycles. The van der Waals surface area contributed by atoms with Crippen molar-refractivity contribution in [1.29, 1.82) is 0 Å². The molecular formula is C26H27N5O3. The molecule has 1 amide bonds. The summed E-state index contributed by atoms with van der Waals surface area (Å²) in [5.41, 5.74) is 16.4. The summed E-state index contributed by atoms with van der Waals surface area (Å²) in [6, 6.07) is 16.6. The second-order valence-electron chi connectivity index (χ2n) is 8.25. The number of benzene rings is 2. The number of rotatable bonds is 8. The molecule has 2 heterocycles. The lowest BCUT2D eigenvalue weighted by atomic mass is 9.88. The van der Waals surface area contributed by atoms with Crippen LogP contribution in [0.3, 0.4) is 0 Å². The van der Waals surface area contributed by atoms with E-state index in [4.69, 9.17) is 21.1 Å². The van der Waals surface area contributed by atoms with Crippen molar-refractivity contribution in [2.45, 2.75) is 39.5 Å². The van der Waals surface area contributed by atoms with Crippen molar-refractivity contribution in [3.63, 3.8) is 0 Å². The van der Waals surface area contributed by atoms with Crippen LogP contribution in [0, 0.1) is 13.8 Å². The third-order valence-electron chi connectivity index (χ3n) is 6.11. The summed E-state index contributed by atoms with van der Waals surface area (Å²) in [4.78, 5) is 25.4. The van der Waals surface area contributed by atoms with Gasteiger partial charge in [-0.1, -0.05) is 48.5 Å². The van der Waals surface area contributed by atoms with Gasteiger partial charge in [0.05, 0.1) is 16.9 Å². The molecule has 2 aromatic heterocycles. The fourth-order valence-corrected chi connectivity index (χ4v) is 4.50. The molecule has 174 valence electrons. The fourth-order valence-electron chi connectivity index (χ4n) is 4.50. The topological polar surface area (TPSA) is 130 Å². The quantitative estimate of drug-likeness (QED) is 0.372. The molecule has 0 bridgehead atoms. The minimum Gasteiger partial charge on any atom is -0.380 e. The number of carbonyl (C=O) groups excluding carboxylic acids is 2. The Morgan fingerprint density at radius 3 is 2.41 bits per heavy atom. The highest BCUT2D eigenvalue weighted by molar-refractivity contribution is 6.07. The average Bonchev–Trinajstić information content (AvgIpc) is 3.37. The van der Waals surface area contributed by atoms with Crippen LogP contribution in [0.15, 0.2) is 59.1 Å². The number of anilines is 1. The van der Waals surface area contributed by atoms with Crippen molar-refractivity contribution in [1.82, 2.24) is 14.9 Å². The predicted octanol–water partition coefficient (Wildman–Crippen LogP) is 4.59. The summed E-state index contributed by atoms with van der Waals surface area (Å²) < 4.78 is 7.27. The molecule has 0 aliphatic carbocycles. The molecule has 34 heavy (non-hydrogen) atoms. The van der Waals surface area contributed by atoms with Crippen LogP contribution < -0.4 is 11.5 Å². The van der Waals surface area contributed by atoms with Crippen LogP contribution in [-0.4, -0.2) is 26.6 Å². The van der Waals surface area contributed by atoms with Gasteiger partial charge in [-0.05, 0) is 49.9 Å². The van der Waals surface area contributed by atoms with Crippen LogP contribution in [0.2, 0.25) is 0 Å². The Bertz CT molecular complexity index is 1350. The van der Waals surface area contributed by atoms with Crippen molar-refractivity contribution in [3.8, 4) is 16.8 Å². The number of nitrogens with zero attached hydrogens (tertiary/aromatic N) is 3. The lowest BCUT2D eigenvalue weighted by Gasteiger charge is -2.15. The van der Waals surface area contributed by atoms with E-state index in [1.807, 2.05) is 55.8 Å². The Morgan fingerprint density at radius 1 is 1.06 bits per heavy atom. The maximum atomic E-state index is 13.4. The Labute approximate surface area is 197 Å². The second kappa shape index (κ2) is 9.35. The molecule has 4 N–H and O–H groups in total. The average molecular weight is 458 g/mol. The Kier molecular flexibility index (Phi) is 6.32. The maximum absolute atomic E-state index is 13.4. The molecule has 4 aromatic rings. The number of hydrogen-bond acceptors (Lipinski definition) is 6. The number of para-hydroxylation sites is 1. The highest BCUT2D eigenvalue weighted by atomic mass is 16.5. The number of primary amides is 1. The normalized spacial score (nSPS) is 12.0. The predicted molar refractivity (Wildman–Crippen MR) is 130 cm³/mol. The fraction of sp³-hybridized carbons (Fsp3) is 0.231. The molecule has 8 heteroatoms. The molecule has 0 radical (unpaired) electrons. The van der Waals surface area contributed by atoms with E-state index in [-0.39, 0.29) is 35.3 Å². The first-order chi connectivity index (χ1) is 16.3. The molecule has 4 rings (SSSR count). The zero-order chi connectivity index (χ0) is 24.4. The number of carbonyl (C=O) groups is 2. The van der Waals surface area contributed by atoms with Gasteiger partial charge in [0.1, 0.15) is 0 Å². The second-order valence-corrected chi connectivity index (χ2v) is 8.25. The lowest BCUT2D eigenvalue weighted by molar-refractivity contribution is 0.0936. The third-order valence-corrected chi connectivity index (χ3v) is 6.11. The summed E-state index contributed by atoms with van der Waals surface area (Å²) in [7, 11) is 0.